The average molecular weight is 739 g/mol. The Kier molecular flexibility index (Phi) is 12.6. The number of anilines is 1. The number of piperidine rings is 1. The number of fused-ring (bicyclic) bond motifs is 1. The highest BCUT2D eigenvalue weighted by atomic mass is 16.7. The fourth-order valence-electron chi connectivity index (χ4n) is 6.31. The van der Waals surface area contributed by atoms with Gasteiger partial charge in [0, 0.05) is 53.5 Å². The van der Waals surface area contributed by atoms with Gasteiger partial charge in [-0.2, -0.15) is 0 Å². The van der Waals surface area contributed by atoms with E-state index in [4.69, 9.17) is 25.5 Å². The quantitative estimate of drug-likeness (QED) is 0.236. The molecule has 3 amide bonds. The first-order valence-corrected chi connectivity index (χ1v) is 17.1. The van der Waals surface area contributed by atoms with E-state index in [9.17, 15) is 29.7 Å². The van der Waals surface area contributed by atoms with Gasteiger partial charge < -0.3 is 58.7 Å². The molecule has 2 fully saturated rings. The highest BCUT2D eigenvalue weighted by molar-refractivity contribution is 5.95. The van der Waals surface area contributed by atoms with E-state index in [1.54, 1.807) is 49.5 Å². The molecule has 2 aliphatic heterocycles. The maximum absolute atomic E-state index is 13.5. The van der Waals surface area contributed by atoms with Crippen LogP contribution >= 0.6 is 0 Å². The van der Waals surface area contributed by atoms with E-state index in [2.05, 4.69) is 21.7 Å². The predicted octanol–water partition coefficient (Wildman–Crippen LogP) is 1.02. The van der Waals surface area contributed by atoms with E-state index in [1.165, 1.54) is 27.8 Å². The van der Waals surface area contributed by atoms with Crippen LogP contribution in [0.4, 0.5) is 15.4 Å². The molecule has 53 heavy (non-hydrogen) atoms. The number of hydrogen-bond acceptors (Lipinski definition) is 13. The van der Waals surface area contributed by atoms with Gasteiger partial charge in [0.2, 0.25) is 6.29 Å². The highest BCUT2D eigenvalue weighted by Crippen LogP contribution is 2.32. The molecule has 0 unspecified atom stereocenters. The fourth-order valence-corrected chi connectivity index (χ4v) is 6.31. The summed E-state index contributed by atoms with van der Waals surface area (Å²) in [7, 11) is 6.50. The van der Waals surface area contributed by atoms with E-state index in [0.717, 1.165) is 6.42 Å². The van der Waals surface area contributed by atoms with Crippen molar-refractivity contribution in [3.63, 3.8) is 0 Å². The van der Waals surface area contributed by atoms with Crippen molar-refractivity contribution in [2.45, 2.75) is 50.6 Å². The average Bonchev–Trinajstić information content (AvgIpc) is 3.60. The summed E-state index contributed by atoms with van der Waals surface area (Å²) in [4.78, 5) is 57.5. The second-order valence-electron chi connectivity index (χ2n) is 13.3. The van der Waals surface area contributed by atoms with Crippen LogP contribution in [0.2, 0.25) is 0 Å². The van der Waals surface area contributed by atoms with Crippen molar-refractivity contribution in [2.75, 3.05) is 72.5 Å². The minimum absolute atomic E-state index is 0.0484. The topological polar surface area (TPSA) is 197 Å². The number of benzene rings is 1. The molecule has 1 aromatic carbocycles. The summed E-state index contributed by atoms with van der Waals surface area (Å²) >= 11 is 0. The Balaban J connectivity index is 1.15. The third kappa shape index (κ3) is 8.71. The number of likely N-dealkylation sites (N-methyl/N-ethyl adjacent to an activating group) is 3. The molecule has 3 N–H and O–H groups in total. The van der Waals surface area contributed by atoms with Crippen LogP contribution in [-0.4, -0.2) is 161 Å². The number of ether oxygens (including phenoxy) is 4. The lowest BCUT2D eigenvalue weighted by Gasteiger charge is -2.41. The van der Waals surface area contributed by atoms with Gasteiger partial charge in [-0.25, -0.2) is 26.1 Å². The minimum atomic E-state index is -1.48. The van der Waals surface area contributed by atoms with E-state index >= 15 is 0 Å². The van der Waals surface area contributed by atoms with E-state index < -0.39 is 30.7 Å². The molecule has 0 bridgehead atoms. The van der Waals surface area contributed by atoms with Gasteiger partial charge in [0.15, 0.2) is 17.1 Å². The SMILES string of the molecule is [C-]#[N+]CC(=O)N1CC[C@@H](C)[C@@H](N(C)c2ncnc3c2ccn3C(=O)N(C)CCN(C)C(=O)OCc2ccc(O[C@@H]3OC[C@@H](O)[C@H](O)[C@H]3O)c(OC)c2)C1. The van der Waals surface area contributed by atoms with Crippen LogP contribution in [0.15, 0.2) is 36.8 Å². The molecule has 5 rings (SSSR count). The minimum Gasteiger partial charge on any atom is -0.493 e. The number of aliphatic hydroxyl groups is 3. The van der Waals surface area contributed by atoms with Crippen molar-refractivity contribution in [1.82, 2.24) is 29.2 Å². The number of amides is 3. The number of rotatable bonds is 11. The van der Waals surface area contributed by atoms with Gasteiger partial charge in [0.1, 0.15) is 37.1 Å². The Morgan fingerprint density at radius 1 is 1.06 bits per heavy atom. The normalized spacial score (nSPS) is 22.8. The highest BCUT2D eigenvalue weighted by Gasteiger charge is 2.39. The lowest BCUT2D eigenvalue weighted by Crippen LogP contribution is -2.54. The molecule has 0 spiro atoms. The molecule has 3 aromatic rings. The number of nitrogens with zero attached hydrogens (tertiary/aromatic N) is 8. The first-order valence-electron chi connectivity index (χ1n) is 17.1. The molecular weight excluding hydrogens is 692 g/mol. The predicted molar refractivity (Wildman–Crippen MR) is 189 cm³/mol. The van der Waals surface area contributed by atoms with Gasteiger partial charge in [0.05, 0.1) is 25.1 Å². The van der Waals surface area contributed by atoms with Crippen molar-refractivity contribution in [3.8, 4) is 11.5 Å². The van der Waals surface area contributed by atoms with Crippen LogP contribution in [0, 0.1) is 12.5 Å². The van der Waals surface area contributed by atoms with Gasteiger partial charge in [-0.15, -0.1) is 0 Å². The molecule has 2 aliphatic rings. The summed E-state index contributed by atoms with van der Waals surface area (Å²) in [5.74, 6) is 1.18. The Hall–Kier alpha value is -5.22. The van der Waals surface area contributed by atoms with Crippen molar-refractivity contribution in [2.24, 2.45) is 5.92 Å². The zero-order valence-corrected chi connectivity index (χ0v) is 30.4. The maximum atomic E-state index is 13.5. The molecule has 18 nitrogen and oxygen atoms in total. The van der Waals surface area contributed by atoms with Crippen molar-refractivity contribution in [3.05, 3.63) is 53.8 Å². The van der Waals surface area contributed by atoms with Crippen LogP contribution in [-0.2, 0) is 20.9 Å². The lowest BCUT2D eigenvalue weighted by atomic mass is 9.92. The number of aliphatic hydroxyl groups excluding tert-OH is 3. The summed E-state index contributed by atoms with van der Waals surface area (Å²) in [5.41, 5.74) is 1.00. The van der Waals surface area contributed by atoms with Crippen molar-refractivity contribution in [1.29, 1.82) is 0 Å². The van der Waals surface area contributed by atoms with E-state index in [0.29, 0.717) is 35.5 Å². The summed E-state index contributed by atoms with van der Waals surface area (Å²) in [6.07, 6.45) is -2.17. The summed E-state index contributed by atoms with van der Waals surface area (Å²) in [6, 6.07) is 6.14. The molecule has 0 saturated carbocycles. The smallest absolute Gasteiger partial charge is 0.409 e. The largest absolute Gasteiger partial charge is 0.493 e. The monoisotopic (exact) mass is 738 g/mol. The zero-order chi connectivity index (χ0) is 38.4. The zero-order valence-electron chi connectivity index (χ0n) is 30.4. The van der Waals surface area contributed by atoms with E-state index in [1.807, 2.05) is 11.9 Å². The Morgan fingerprint density at radius 2 is 1.81 bits per heavy atom. The number of carbonyl (C=O) groups excluding carboxylic acids is 3. The van der Waals surface area contributed by atoms with Crippen LogP contribution in [0.5, 0.6) is 11.5 Å². The maximum Gasteiger partial charge on any atom is 0.409 e. The number of aromatic nitrogens is 3. The lowest BCUT2D eigenvalue weighted by molar-refractivity contribution is -0.242. The number of likely N-dealkylation sites (tertiary alicyclic amines) is 1. The van der Waals surface area contributed by atoms with Crippen molar-refractivity contribution >= 4 is 34.9 Å². The Labute approximate surface area is 306 Å². The third-order valence-electron chi connectivity index (χ3n) is 9.68. The molecule has 0 radical (unpaired) electrons. The van der Waals surface area contributed by atoms with E-state index in [-0.39, 0.29) is 68.2 Å². The first kappa shape index (κ1) is 39.0. The summed E-state index contributed by atoms with van der Waals surface area (Å²) in [5, 5.41) is 30.4. The molecule has 6 atom stereocenters. The number of methoxy groups -OCH3 is 1. The molecular formula is C35H46N8O10. The fraction of sp³-hybridized carbons (Fsp3) is 0.543. The Bertz CT molecular complexity index is 1820. The third-order valence-corrected chi connectivity index (χ3v) is 9.68. The van der Waals surface area contributed by atoms with Gasteiger partial charge in [-0.05, 0) is 36.1 Å². The van der Waals surface area contributed by atoms with Crippen LogP contribution in [0.3, 0.4) is 0 Å². The molecule has 2 aromatic heterocycles. The molecule has 286 valence electrons. The van der Waals surface area contributed by atoms with Crippen LogP contribution in [0.25, 0.3) is 15.9 Å². The van der Waals surface area contributed by atoms with Gasteiger partial charge in [-0.1, -0.05) is 13.0 Å². The number of hydrogen-bond donors (Lipinski definition) is 3. The Morgan fingerprint density at radius 3 is 2.55 bits per heavy atom. The van der Waals surface area contributed by atoms with Gasteiger partial charge >= 0.3 is 18.0 Å². The van der Waals surface area contributed by atoms with Crippen LogP contribution in [0.1, 0.15) is 18.9 Å². The van der Waals surface area contributed by atoms with Crippen LogP contribution < -0.4 is 14.4 Å². The van der Waals surface area contributed by atoms with Gasteiger partial charge in [-0.3, -0.25) is 9.36 Å². The second kappa shape index (κ2) is 17.1. The molecule has 18 heteroatoms. The molecule has 0 aliphatic carbocycles. The summed E-state index contributed by atoms with van der Waals surface area (Å²) < 4.78 is 23.2. The van der Waals surface area contributed by atoms with Crippen molar-refractivity contribution < 1.29 is 48.7 Å². The number of carbonyl (C=O) groups is 3. The molecule has 4 heterocycles. The standard InChI is InChI=1S/C35H46N8O10/c1-21-9-11-42(28(45)16-36-2)17-24(21)41(5)31-23-10-12-43(32(23)38-20-37-31)34(48)39(3)13-14-40(4)35(49)52-18-22-7-8-26(27(15-22)50-6)53-33-30(47)29(46)25(44)19-51-33/h7-8,10,12,15,20-21,24-25,29-30,33,44,46-47H,9,11,13-14,16-19H2,1,3-6H3/t21-,24+,25-,29+,30-,33+/m1/s1. The molecule has 2 saturated heterocycles. The first-order chi connectivity index (χ1) is 25.3. The van der Waals surface area contributed by atoms with Gasteiger partial charge in [0.25, 0.3) is 6.54 Å². The summed E-state index contributed by atoms with van der Waals surface area (Å²) in [6.45, 7) is 10.1. The second-order valence-corrected chi connectivity index (χ2v) is 13.3.